The van der Waals surface area contributed by atoms with E-state index in [0.717, 1.165) is 11.1 Å². The molecule has 0 spiro atoms. The molecule has 0 aliphatic heterocycles. The second kappa shape index (κ2) is 11.0. The third kappa shape index (κ3) is 6.17. The van der Waals surface area contributed by atoms with E-state index in [2.05, 4.69) is 0 Å². The number of hydrogen-bond acceptors (Lipinski definition) is 6. The van der Waals surface area contributed by atoms with Crippen molar-refractivity contribution in [3.8, 4) is 23.0 Å². The molecule has 1 radical (unpaired) electrons. The molecule has 0 saturated heterocycles. The van der Waals surface area contributed by atoms with E-state index < -0.39 is 0 Å². The zero-order valence-electron chi connectivity index (χ0n) is 16.1. The molecule has 0 unspecified atom stereocenters. The highest BCUT2D eigenvalue weighted by Gasteiger charge is 2.16. The lowest BCUT2D eigenvalue weighted by Gasteiger charge is -2.18. The lowest BCUT2D eigenvalue weighted by molar-refractivity contribution is 0.0494. The number of benzene rings is 3. The van der Waals surface area contributed by atoms with Crippen LogP contribution in [0.1, 0.15) is 11.1 Å². The van der Waals surface area contributed by atoms with Crippen LogP contribution in [0.4, 0.5) is 0 Å². The van der Waals surface area contributed by atoms with Crippen LogP contribution < -0.4 is 18.9 Å². The van der Waals surface area contributed by atoms with Crippen LogP contribution in [0.3, 0.4) is 0 Å². The average Bonchev–Trinajstić information content (AvgIpc) is 2.77. The number of ether oxygens (including phenoxy) is 4. The van der Waals surface area contributed by atoms with E-state index in [1.54, 1.807) is 12.1 Å². The maximum Gasteiger partial charge on any atom is 0.569 e. The fourth-order valence-electron chi connectivity index (χ4n) is 2.60. The van der Waals surface area contributed by atoms with Crippen molar-refractivity contribution in [2.24, 2.45) is 0 Å². The van der Waals surface area contributed by atoms with Crippen molar-refractivity contribution in [3.05, 3.63) is 83.9 Å². The van der Waals surface area contributed by atoms with Gasteiger partial charge in [0.1, 0.15) is 19.0 Å². The Hall–Kier alpha value is -3.16. The average molecular weight is 393 g/mol. The Kier molecular flexibility index (Phi) is 7.80. The molecule has 0 aromatic heterocycles. The maximum atomic E-state index is 9.08. The number of methoxy groups -OCH3 is 1. The molecule has 29 heavy (non-hydrogen) atoms. The van der Waals surface area contributed by atoms with Crippen molar-refractivity contribution < 1.29 is 28.6 Å². The molecule has 149 valence electrons. The van der Waals surface area contributed by atoms with Gasteiger partial charge in [0.05, 0.1) is 0 Å². The van der Waals surface area contributed by atoms with Crippen molar-refractivity contribution in [2.45, 2.75) is 13.2 Å². The standard InChI is InChI=1S/C22H22BO6/c1-25-16-28-21-12-19(26-14-17-8-4-2-5-9-17)20(13-22(21)29-23-24)27-15-18-10-6-3-7-11-18/h2-13,24H,14-16H2,1H3. The van der Waals surface area contributed by atoms with Gasteiger partial charge in [-0.1, -0.05) is 60.7 Å². The molecule has 0 bridgehead atoms. The molecule has 0 atom stereocenters. The van der Waals surface area contributed by atoms with Crippen LogP contribution in [0.25, 0.3) is 0 Å². The van der Waals surface area contributed by atoms with Gasteiger partial charge in [0.25, 0.3) is 0 Å². The highest BCUT2D eigenvalue weighted by Crippen LogP contribution is 2.40. The Bertz CT molecular complexity index is 873. The van der Waals surface area contributed by atoms with E-state index in [0.29, 0.717) is 38.1 Å². The summed E-state index contributed by atoms with van der Waals surface area (Å²) in [5, 5.41) is 9.08. The van der Waals surface area contributed by atoms with E-state index in [4.69, 9.17) is 28.6 Å². The smallest absolute Gasteiger partial charge is 0.535 e. The van der Waals surface area contributed by atoms with Crippen molar-refractivity contribution in [3.63, 3.8) is 0 Å². The number of hydrogen-bond donors (Lipinski definition) is 1. The Balaban J connectivity index is 1.85. The normalized spacial score (nSPS) is 10.3. The minimum Gasteiger partial charge on any atom is -0.535 e. The molecular formula is C22H22BO6. The van der Waals surface area contributed by atoms with E-state index in [1.165, 1.54) is 7.11 Å². The highest BCUT2D eigenvalue weighted by atomic mass is 16.7. The van der Waals surface area contributed by atoms with E-state index in [9.17, 15) is 0 Å². The summed E-state index contributed by atoms with van der Waals surface area (Å²) in [6, 6.07) is 22.9. The van der Waals surface area contributed by atoms with Crippen molar-refractivity contribution in [1.29, 1.82) is 0 Å². The molecule has 0 saturated carbocycles. The predicted octanol–water partition coefficient (Wildman–Crippen LogP) is 3.73. The molecule has 0 amide bonds. The second-order valence-corrected chi connectivity index (χ2v) is 6.07. The summed E-state index contributed by atoms with van der Waals surface area (Å²) in [5.41, 5.74) is 2.03. The molecule has 1 N–H and O–H groups in total. The van der Waals surface area contributed by atoms with Crippen molar-refractivity contribution >= 4 is 7.69 Å². The minimum atomic E-state index is 0.0180. The van der Waals surface area contributed by atoms with Crippen LogP contribution in [0, 0.1) is 0 Å². The summed E-state index contributed by atoms with van der Waals surface area (Å²) in [5.74, 6) is 1.58. The summed E-state index contributed by atoms with van der Waals surface area (Å²) < 4.78 is 27.6. The summed E-state index contributed by atoms with van der Waals surface area (Å²) in [6.07, 6.45) is 0. The van der Waals surface area contributed by atoms with Crippen LogP contribution >= 0.6 is 0 Å². The Morgan fingerprint density at radius 2 is 1.17 bits per heavy atom. The van der Waals surface area contributed by atoms with Crippen LogP contribution in [-0.2, 0) is 18.0 Å². The zero-order chi connectivity index (χ0) is 20.3. The van der Waals surface area contributed by atoms with Gasteiger partial charge in [0, 0.05) is 19.2 Å². The third-order valence-electron chi connectivity index (χ3n) is 4.00. The van der Waals surface area contributed by atoms with Gasteiger partial charge in [-0.15, -0.1) is 0 Å². The van der Waals surface area contributed by atoms with E-state index >= 15 is 0 Å². The van der Waals surface area contributed by atoms with Crippen LogP contribution in [0.2, 0.25) is 0 Å². The maximum absolute atomic E-state index is 9.08. The van der Waals surface area contributed by atoms with Crippen LogP contribution in [0.5, 0.6) is 23.0 Å². The fraction of sp³-hybridized carbons (Fsp3) is 0.182. The lowest BCUT2D eigenvalue weighted by atomic mass is 10.2. The summed E-state index contributed by atoms with van der Waals surface area (Å²) in [6.45, 7) is 0.728. The molecule has 3 aromatic carbocycles. The van der Waals surface area contributed by atoms with Gasteiger partial charge in [-0.25, -0.2) is 0 Å². The van der Waals surface area contributed by atoms with Crippen LogP contribution in [-0.4, -0.2) is 26.6 Å². The molecule has 7 heteroatoms. The Morgan fingerprint density at radius 1 is 0.690 bits per heavy atom. The van der Waals surface area contributed by atoms with E-state index in [-0.39, 0.29) is 12.5 Å². The number of rotatable bonds is 11. The first-order valence-corrected chi connectivity index (χ1v) is 9.06. The Morgan fingerprint density at radius 3 is 1.66 bits per heavy atom. The molecule has 3 aromatic rings. The lowest BCUT2D eigenvalue weighted by Crippen LogP contribution is -2.07. The van der Waals surface area contributed by atoms with Crippen molar-refractivity contribution in [2.75, 3.05) is 13.9 Å². The molecule has 0 heterocycles. The van der Waals surface area contributed by atoms with Gasteiger partial charge in [0.2, 0.25) is 0 Å². The fourth-order valence-corrected chi connectivity index (χ4v) is 2.60. The Labute approximate surface area is 170 Å². The zero-order valence-corrected chi connectivity index (χ0v) is 16.1. The van der Waals surface area contributed by atoms with Gasteiger partial charge in [-0.05, 0) is 11.1 Å². The highest BCUT2D eigenvalue weighted by molar-refractivity contribution is 6.17. The molecule has 3 rings (SSSR count). The summed E-state index contributed by atoms with van der Waals surface area (Å²) >= 11 is 0. The summed E-state index contributed by atoms with van der Waals surface area (Å²) in [4.78, 5) is 0. The second-order valence-electron chi connectivity index (χ2n) is 6.07. The van der Waals surface area contributed by atoms with Crippen LogP contribution in [0.15, 0.2) is 72.8 Å². The first-order chi connectivity index (χ1) is 14.3. The van der Waals surface area contributed by atoms with Gasteiger partial charge < -0.3 is 28.6 Å². The summed E-state index contributed by atoms with van der Waals surface area (Å²) in [7, 11) is 2.10. The molecular weight excluding hydrogens is 371 g/mol. The SMILES string of the molecule is COCOc1cc(OCc2ccccc2)c(OCc2ccccc2)cc1O[B]O. The largest absolute Gasteiger partial charge is 0.569 e. The van der Waals surface area contributed by atoms with Crippen molar-refractivity contribution in [1.82, 2.24) is 0 Å². The first kappa shape index (κ1) is 20.6. The van der Waals surface area contributed by atoms with Gasteiger partial charge in [-0.3, -0.25) is 0 Å². The monoisotopic (exact) mass is 393 g/mol. The predicted molar refractivity (Wildman–Crippen MR) is 109 cm³/mol. The molecule has 0 fully saturated rings. The third-order valence-corrected chi connectivity index (χ3v) is 4.00. The quantitative estimate of drug-likeness (QED) is 0.396. The van der Waals surface area contributed by atoms with E-state index in [1.807, 2.05) is 60.7 Å². The first-order valence-electron chi connectivity index (χ1n) is 9.06. The molecule has 0 aliphatic carbocycles. The minimum absolute atomic E-state index is 0.0180. The van der Waals surface area contributed by atoms with Gasteiger partial charge in [0.15, 0.2) is 24.0 Å². The van der Waals surface area contributed by atoms with Gasteiger partial charge in [-0.2, -0.15) is 0 Å². The molecule has 6 nitrogen and oxygen atoms in total. The topological polar surface area (TPSA) is 66.4 Å². The van der Waals surface area contributed by atoms with Gasteiger partial charge >= 0.3 is 7.69 Å². The molecule has 0 aliphatic rings.